The van der Waals surface area contributed by atoms with E-state index in [4.69, 9.17) is 4.42 Å². The molecule has 5 heteroatoms. The summed E-state index contributed by atoms with van der Waals surface area (Å²) in [5, 5.41) is 20.4. The quantitative estimate of drug-likeness (QED) is 0.786. The van der Waals surface area contributed by atoms with Crippen molar-refractivity contribution in [3.05, 3.63) is 60.1 Å². The fraction of sp³-hybridized carbons (Fsp3) is 0.348. The Labute approximate surface area is 164 Å². The van der Waals surface area contributed by atoms with Crippen molar-refractivity contribution in [1.29, 1.82) is 10.5 Å². The first kappa shape index (κ1) is 18.1. The van der Waals surface area contributed by atoms with Crippen LogP contribution in [0.4, 0.5) is 5.69 Å². The number of furan rings is 1. The van der Waals surface area contributed by atoms with E-state index in [1.807, 2.05) is 62.1 Å². The van der Waals surface area contributed by atoms with Gasteiger partial charge >= 0.3 is 0 Å². The van der Waals surface area contributed by atoms with E-state index in [0.29, 0.717) is 5.76 Å². The minimum absolute atomic E-state index is 0.0172. The lowest BCUT2D eigenvalue weighted by molar-refractivity contribution is -0.128. The number of para-hydroxylation sites is 1. The average Bonchev–Trinajstić information content (AvgIpc) is 3.30. The molecule has 3 atom stereocenters. The van der Waals surface area contributed by atoms with Gasteiger partial charge in [-0.3, -0.25) is 4.79 Å². The molecule has 140 valence electrons. The Morgan fingerprint density at radius 1 is 1.14 bits per heavy atom. The van der Waals surface area contributed by atoms with Crippen LogP contribution in [0.2, 0.25) is 0 Å². The van der Waals surface area contributed by atoms with Gasteiger partial charge in [-0.15, -0.1) is 0 Å². The predicted octanol–water partition coefficient (Wildman–Crippen LogP) is 4.30. The lowest BCUT2D eigenvalue weighted by atomic mass is 9.69. The van der Waals surface area contributed by atoms with Crippen molar-refractivity contribution in [2.45, 2.75) is 38.8 Å². The molecule has 4 rings (SSSR count). The third-order valence-electron chi connectivity index (χ3n) is 5.77. The first-order chi connectivity index (χ1) is 13.3. The summed E-state index contributed by atoms with van der Waals surface area (Å²) in [6.45, 7) is 5.61. The van der Waals surface area contributed by atoms with E-state index in [-0.39, 0.29) is 5.78 Å². The molecule has 0 bridgehead atoms. The number of nitrogens with zero attached hydrogens (tertiary/aromatic N) is 3. The fourth-order valence-corrected chi connectivity index (χ4v) is 4.45. The summed E-state index contributed by atoms with van der Waals surface area (Å²) in [5.74, 6) is -0.215. The minimum atomic E-state index is -1.44. The van der Waals surface area contributed by atoms with E-state index >= 15 is 0 Å². The van der Waals surface area contributed by atoms with Crippen molar-refractivity contribution in [2.75, 3.05) is 4.90 Å². The molecule has 0 radical (unpaired) electrons. The Morgan fingerprint density at radius 3 is 2.46 bits per heavy atom. The van der Waals surface area contributed by atoms with E-state index in [2.05, 4.69) is 12.1 Å². The van der Waals surface area contributed by atoms with Gasteiger partial charge in [-0.2, -0.15) is 10.5 Å². The molecule has 0 saturated carbocycles. The highest BCUT2D eigenvalue weighted by Crippen LogP contribution is 2.56. The first-order valence-electron chi connectivity index (χ1n) is 9.31. The Kier molecular flexibility index (Phi) is 3.94. The zero-order valence-corrected chi connectivity index (χ0v) is 16.1. The lowest BCUT2D eigenvalue weighted by Crippen LogP contribution is -2.47. The summed E-state index contributed by atoms with van der Waals surface area (Å²) in [6.07, 6.45) is 5.33. The second kappa shape index (κ2) is 6.11. The molecule has 1 fully saturated rings. The van der Waals surface area contributed by atoms with Crippen LogP contribution >= 0.6 is 0 Å². The second-order valence-corrected chi connectivity index (χ2v) is 8.41. The summed E-state index contributed by atoms with van der Waals surface area (Å²) >= 11 is 0. The van der Waals surface area contributed by atoms with Crippen molar-refractivity contribution in [2.24, 2.45) is 10.8 Å². The summed E-state index contributed by atoms with van der Waals surface area (Å²) in [6, 6.07) is 14.6. The third-order valence-corrected chi connectivity index (χ3v) is 5.77. The Hall–Kier alpha value is -3.31. The minimum Gasteiger partial charge on any atom is -0.469 e. The standard InChI is InChI=1S/C23H21N3O2/c1-22(2,3)21(27)20-19(17-9-6-12-28-17)23(13-24,14-25)18-11-10-15-7-4-5-8-16(15)26(18)20/h4-12,18-20H,1-3H3. The van der Waals surface area contributed by atoms with Crippen LogP contribution in [-0.2, 0) is 4.79 Å². The topological polar surface area (TPSA) is 81.0 Å². The van der Waals surface area contributed by atoms with Gasteiger partial charge in [0.1, 0.15) is 11.8 Å². The number of ketones is 1. The van der Waals surface area contributed by atoms with Gasteiger partial charge in [-0.1, -0.05) is 51.1 Å². The number of carbonyl (C=O) groups is 1. The van der Waals surface area contributed by atoms with E-state index < -0.39 is 28.8 Å². The van der Waals surface area contributed by atoms with Crippen molar-refractivity contribution in [3.8, 4) is 12.1 Å². The van der Waals surface area contributed by atoms with Gasteiger partial charge in [0.15, 0.2) is 11.2 Å². The molecule has 0 amide bonds. The zero-order valence-electron chi connectivity index (χ0n) is 16.1. The number of hydrogen-bond acceptors (Lipinski definition) is 5. The van der Waals surface area contributed by atoms with E-state index in [0.717, 1.165) is 11.3 Å². The second-order valence-electron chi connectivity index (χ2n) is 8.41. The number of carbonyl (C=O) groups excluding carboxylic acids is 1. The lowest BCUT2D eigenvalue weighted by Gasteiger charge is -2.37. The number of hydrogen-bond donors (Lipinski definition) is 0. The molecule has 3 heterocycles. The highest BCUT2D eigenvalue weighted by atomic mass is 16.3. The van der Waals surface area contributed by atoms with Crippen LogP contribution < -0.4 is 4.90 Å². The molecular formula is C23H21N3O2. The molecule has 0 spiro atoms. The van der Waals surface area contributed by atoms with Gasteiger partial charge in [0.05, 0.1) is 30.4 Å². The van der Waals surface area contributed by atoms with Crippen molar-refractivity contribution in [3.63, 3.8) is 0 Å². The molecule has 2 aromatic rings. The molecule has 3 unspecified atom stereocenters. The van der Waals surface area contributed by atoms with Gasteiger partial charge in [0.2, 0.25) is 0 Å². The molecule has 28 heavy (non-hydrogen) atoms. The number of rotatable bonds is 2. The van der Waals surface area contributed by atoms with Crippen LogP contribution in [0, 0.1) is 33.5 Å². The first-order valence-corrected chi connectivity index (χ1v) is 9.31. The zero-order chi connectivity index (χ0) is 20.1. The summed E-state index contributed by atoms with van der Waals surface area (Å²) in [7, 11) is 0. The highest BCUT2D eigenvalue weighted by Gasteiger charge is 2.65. The maximum Gasteiger partial charge on any atom is 0.179 e. The molecule has 0 aliphatic carbocycles. The smallest absolute Gasteiger partial charge is 0.179 e. The van der Waals surface area contributed by atoms with E-state index in [1.54, 1.807) is 12.1 Å². The molecule has 1 saturated heterocycles. The van der Waals surface area contributed by atoms with Crippen LogP contribution in [0.5, 0.6) is 0 Å². The van der Waals surface area contributed by atoms with E-state index in [1.165, 1.54) is 6.26 Å². The summed E-state index contributed by atoms with van der Waals surface area (Å²) in [5.41, 5.74) is -0.248. The van der Waals surface area contributed by atoms with Crippen LogP contribution in [0.15, 0.2) is 53.2 Å². The van der Waals surface area contributed by atoms with Crippen LogP contribution in [0.25, 0.3) is 6.08 Å². The largest absolute Gasteiger partial charge is 0.469 e. The maximum atomic E-state index is 13.6. The fourth-order valence-electron chi connectivity index (χ4n) is 4.45. The van der Waals surface area contributed by atoms with Gasteiger partial charge in [0.25, 0.3) is 0 Å². The third kappa shape index (κ3) is 2.33. The number of fused-ring (bicyclic) bond motifs is 3. The van der Waals surface area contributed by atoms with Crippen molar-refractivity contribution < 1.29 is 9.21 Å². The molecule has 1 aromatic carbocycles. The van der Waals surface area contributed by atoms with Gasteiger partial charge in [0, 0.05) is 11.1 Å². The van der Waals surface area contributed by atoms with Gasteiger partial charge < -0.3 is 9.32 Å². The Bertz CT molecular complexity index is 1020. The SMILES string of the molecule is CC(C)(C)C(=O)C1C(c2ccco2)C(C#N)(C#N)C2C=Cc3ccccc3N12. The number of anilines is 1. The predicted molar refractivity (Wildman–Crippen MR) is 105 cm³/mol. The highest BCUT2D eigenvalue weighted by molar-refractivity contribution is 5.95. The molecule has 0 N–H and O–H groups in total. The summed E-state index contributed by atoms with van der Waals surface area (Å²) in [4.78, 5) is 15.6. The number of nitriles is 2. The number of benzene rings is 1. The Balaban J connectivity index is 2.02. The van der Waals surface area contributed by atoms with Crippen molar-refractivity contribution in [1.82, 2.24) is 0 Å². The van der Waals surface area contributed by atoms with E-state index in [9.17, 15) is 15.3 Å². The molecule has 2 aliphatic heterocycles. The van der Waals surface area contributed by atoms with Gasteiger partial charge in [-0.25, -0.2) is 0 Å². The molecule has 1 aromatic heterocycles. The van der Waals surface area contributed by atoms with Crippen molar-refractivity contribution >= 4 is 17.5 Å². The van der Waals surface area contributed by atoms with Crippen LogP contribution in [-0.4, -0.2) is 17.9 Å². The molecular weight excluding hydrogens is 350 g/mol. The number of Topliss-reactive ketones (excluding diaryl/α,β-unsaturated/α-hetero) is 1. The van der Waals surface area contributed by atoms with Gasteiger partial charge in [-0.05, 0) is 23.8 Å². The monoisotopic (exact) mass is 371 g/mol. The molecule has 2 aliphatic rings. The molecule has 5 nitrogen and oxygen atoms in total. The van der Waals surface area contributed by atoms with Crippen LogP contribution in [0.3, 0.4) is 0 Å². The van der Waals surface area contributed by atoms with Crippen LogP contribution in [0.1, 0.15) is 38.0 Å². The maximum absolute atomic E-state index is 13.6. The summed E-state index contributed by atoms with van der Waals surface area (Å²) < 4.78 is 5.66. The average molecular weight is 371 g/mol. The normalized spacial score (nSPS) is 24.8. The Morgan fingerprint density at radius 2 is 1.86 bits per heavy atom.